The van der Waals surface area contributed by atoms with Gasteiger partial charge < -0.3 is 9.64 Å². The fourth-order valence-electron chi connectivity index (χ4n) is 2.62. The van der Waals surface area contributed by atoms with Gasteiger partial charge in [-0.1, -0.05) is 20.3 Å². The number of amides is 1. The van der Waals surface area contributed by atoms with Crippen LogP contribution in [0.3, 0.4) is 0 Å². The summed E-state index contributed by atoms with van der Waals surface area (Å²) >= 11 is 0. The van der Waals surface area contributed by atoms with Crippen LogP contribution < -0.4 is 0 Å². The average Bonchev–Trinajstić information content (AvgIpc) is 2.23. The molecule has 1 aliphatic rings. The van der Waals surface area contributed by atoms with Gasteiger partial charge in [-0.05, 0) is 33.6 Å². The van der Waals surface area contributed by atoms with Gasteiger partial charge in [0, 0.05) is 13.1 Å². The minimum atomic E-state index is -0.667. The zero-order chi connectivity index (χ0) is 12.4. The van der Waals surface area contributed by atoms with Gasteiger partial charge in [-0.2, -0.15) is 0 Å². The summed E-state index contributed by atoms with van der Waals surface area (Å²) in [6, 6.07) is 0. The van der Waals surface area contributed by atoms with E-state index < -0.39 is 5.60 Å². The number of rotatable bonds is 4. The summed E-state index contributed by atoms with van der Waals surface area (Å²) in [7, 11) is 0. The van der Waals surface area contributed by atoms with Gasteiger partial charge >= 0.3 is 0 Å². The van der Waals surface area contributed by atoms with Crippen LogP contribution in [-0.4, -0.2) is 35.1 Å². The lowest BCUT2D eigenvalue weighted by molar-refractivity contribution is -0.208. The summed E-state index contributed by atoms with van der Waals surface area (Å²) in [5.41, 5.74) is -0.804. The maximum atomic E-state index is 12.1. The molecule has 3 nitrogen and oxygen atoms in total. The predicted octanol–water partition coefficient (Wildman–Crippen LogP) is 2.59. The van der Waals surface area contributed by atoms with Gasteiger partial charge in [0.05, 0.1) is 5.60 Å². The topological polar surface area (TPSA) is 29.5 Å². The van der Waals surface area contributed by atoms with Crippen molar-refractivity contribution in [1.29, 1.82) is 0 Å². The van der Waals surface area contributed by atoms with E-state index in [9.17, 15) is 4.79 Å². The molecule has 1 heterocycles. The number of ether oxygens (including phenoxy) is 1. The van der Waals surface area contributed by atoms with Crippen LogP contribution in [0.4, 0.5) is 0 Å². The molecule has 1 rings (SSSR count). The van der Waals surface area contributed by atoms with E-state index in [4.69, 9.17) is 4.74 Å². The van der Waals surface area contributed by atoms with Crippen molar-refractivity contribution in [1.82, 2.24) is 4.90 Å². The summed E-state index contributed by atoms with van der Waals surface area (Å²) < 4.78 is 6.10. The number of carbonyl (C=O) groups excluding carboxylic acids is 1. The highest BCUT2D eigenvalue weighted by Gasteiger charge is 2.47. The molecule has 0 bridgehead atoms. The lowest BCUT2D eigenvalue weighted by Crippen LogP contribution is -2.62. The molecule has 0 saturated carbocycles. The van der Waals surface area contributed by atoms with E-state index in [0.717, 1.165) is 32.4 Å². The summed E-state index contributed by atoms with van der Waals surface area (Å²) in [6.45, 7) is 11.6. The molecule has 3 heteroatoms. The fraction of sp³-hybridized carbons (Fsp3) is 0.923. The van der Waals surface area contributed by atoms with Gasteiger partial charge in [-0.3, -0.25) is 4.79 Å². The lowest BCUT2D eigenvalue weighted by atomic mass is 9.89. The monoisotopic (exact) mass is 227 g/mol. The van der Waals surface area contributed by atoms with E-state index in [1.54, 1.807) is 0 Å². The van der Waals surface area contributed by atoms with Crippen molar-refractivity contribution in [3.8, 4) is 0 Å². The van der Waals surface area contributed by atoms with Crippen molar-refractivity contribution < 1.29 is 9.53 Å². The first-order chi connectivity index (χ1) is 7.40. The Kier molecular flexibility index (Phi) is 4.00. The highest BCUT2D eigenvalue weighted by molar-refractivity contribution is 5.85. The first-order valence-corrected chi connectivity index (χ1v) is 6.40. The predicted molar refractivity (Wildman–Crippen MR) is 65.3 cm³/mol. The molecule has 0 aliphatic carbocycles. The van der Waals surface area contributed by atoms with Gasteiger partial charge in [0.15, 0.2) is 0 Å². The molecule has 1 aliphatic heterocycles. The molecule has 1 unspecified atom stereocenters. The van der Waals surface area contributed by atoms with Gasteiger partial charge in [-0.25, -0.2) is 0 Å². The maximum absolute atomic E-state index is 12.1. The highest BCUT2D eigenvalue weighted by atomic mass is 16.5. The van der Waals surface area contributed by atoms with Crippen LogP contribution in [0.15, 0.2) is 0 Å². The number of morpholine rings is 1. The summed E-state index contributed by atoms with van der Waals surface area (Å²) in [5, 5.41) is 0. The summed E-state index contributed by atoms with van der Waals surface area (Å²) in [4.78, 5) is 14.0. The molecular formula is C13H25NO2. The van der Waals surface area contributed by atoms with E-state index >= 15 is 0 Å². The Morgan fingerprint density at radius 1 is 1.31 bits per heavy atom. The molecule has 0 radical (unpaired) electrons. The van der Waals surface area contributed by atoms with Gasteiger partial charge in [0.1, 0.15) is 5.60 Å². The van der Waals surface area contributed by atoms with Crippen LogP contribution >= 0.6 is 0 Å². The SMILES string of the molecule is CCCC1(CC)CN(CC)C(=O)C(C)(C)O1. The molecule has 1 fully saturated rings. The molecule has 0 aromatic heterocycles. The smallest absolute Gasteiger partial charge is 0.254 e. The molecular weight excluding hydrogens is 202 g/mol. The Morgan fingerprint density at radius 3 is 2.38 bits per heavy atom. The fourth-order valence-corrected chi connectivity index (χ4v) is 2.62. The first kappa shape index (κ1) is 13.5. The minimum absolute atomic E-state index is 0.121. The third-order valence-corrected chi connectivity index (χ3v) is 3.48. The van der Waals surface area contributed by atoms with Crippen molar-refractivity contribution in [3.05, 3.63) is 0 Å². The molecule has 0 aromatic rings. The first-order valence-electron chi connectivity index (χ1n) is 6.40. The van der Waals surface area contributed by atoms with Crippen molar-refractivity contribution in [2.24, 2.45) is 0 Å². The third kappa shape index (κ3) is 2.40. The largest absolute Gasteiger partial charge is 0.357 e. The van der Waals surface area contributed by atoms with Gasteiger partial charge in [0.25, 0.3) is 5.91 Å². The number of hydrogen-bond donors (Lipinski definition) is 0. The Morgan fingerprint density at radius 2 is 1.94 bits per heavy atom. The van der Waals surface area contributed by atoms with Crippen molar-refractivity contribution in [3.63, 3.8) is 0 Å². The number of nitrogens with zero attached hydrogens (tertiary/aromatic N) is 1. The second-order valence-electron chi connectivity index (χ2n) is 5.22. The molecule has 1 amide bonds. The number of hydrogen-bond acceptors (Lipinski definition) is 2. The molecule has 1 atom stereocenters. The van der Waals surface area contributed by atoms with Crippen molar-refractivity contribution in [2.45, 2.75) is 65.1 Å². The van der Waals surface area contributed by atoms with Crippen LogP contribution in [0, 0.1) is 0 Å². The zero-order valence-corrected chi connectivity index (χ0v) is 11.3. The average molecular weight is 227 g/mol. The number of likely N-dealkylation sites (N-methyl/N-ethyl adjacent to an activating group) is 1. The van der Waals surface area contributed by atoms with Crippen LogP contribution in [-0.2, 0) is 9.53 Å². The van der Waals surface area contributed by atoms with Crippen molar-refractivity contribution >= 4 is 5.91 Å². The summed E-state index contributed by atoms with van der Waals surface area (Å²) in [5.74, 6) is 0.121. The minimum Gasteiger partial charge on any atom is -0.357 e. The lowest BCUT2D eigenvalue weighted by Gasteiger charge is -2.49. The Hall–Kier alpha value is -0.570. The van der Waals surface area contributed by atoms with E-state index in [1.165, 1.54) is 0 Å². The van der Waals surface area contributed by atoms with Crippen LogP contribution in [0.2, 0.25) is 0 Å². The summed E-state index contributed by atoms with van der Waals surface area (Å²) in [6.07, 6.45) is 3.08. The molecule has 16 heavy (non-hydrogen) atoms. The standard InChI is InChI=1S/C13H25NO2/c1-6-9-13(7-2)10-14(8-3)11(15)12(4,5)16-13/h6-10H2,1-5H3. The molecule has 0 spiro atoms. The van der Waals surface area contributed by atoms with Crippen LogP contribution in [0.5, 0.6) is 0 Å². The quantitative estimate of drug-likeness (QED) is 0.739. The second-order valence-corrected chi connectivity index (χ2v) is 5.22. The van der Waals surface area contributed by atoms with E-state index in [0.29, 0.717) is 0 Å². The van der Waals surface area contributed by atoms with Crippen LogP contribution in [0.25, 0.3) is 0 Å². The zero-order valence-electron chi connectivity index (χ0n) is 11.3. The highest BCUT2D eigenvalue weighted by Crippen LogP contribution is 2.35. The molecule has 0 aromatic carbocycles. The normalized spacial score (nSPS) is 29.6. The Labute approximate surface area is 99.1 Å². The number of carbonyl (C=O) groups is 1. The van der Waals surface area contributed by atoms with Crippen molar-refractivity contribution in [2.75, 3.05) is 13.1 Å². The molecule has 0 N–H and O–H groups in total. The third-order valence-electron chi connectivity index (χ3n) is 3.48. The van der Waals surface area contributed by atoms with E-state index in [1.807, 2.05) is 25.7 Å². The molecule has 1 saturated heterocycles. The maximum Gasteiger partial charge on any atom is 0.254 e. The van der Waals surface area contributed by atoms with Gasteiger partial charge in [-0.15, -0.1) is 0 Å². The Balaban J connectivity index is 2.94. The molecule has 94 valence electrons. The van der Waals surface area contributed by atoms with Crippen LogP contribution in [0.1, 0.15) is 53.9 Å². The van der Waals surface area contributed by atoms with E-state index in [2.05, 4.69) is 13.8 Å². The van der Waals surface area contributed by atoms with E-state index in [-0.39, 0.29) is 11.5 Å². The van der Waals surface area contributed by atoms with Gasteiger partial charge in [0.2, 0.25) is 0 Å². The second kappa shape index (κ2) is 4.74. The Bertz CT molecular complexity index is 263.